The van der Waals surface area contributed by atoms with Gasteiger partial charge in [-0.2, -0.15) is 0 Å². The molecule has 1 aromatic carbocycles. The Morgan fingerprint density at radius 3 is 2.33 bits per heavy atom. The average Bonchev–Trinajstić information content (AvgIpc) is 2.72. The number of aromatic nitrogens is 2. The van der Waals surface area contributed by atoms with Crippen LogP contribution in [0.3, 0.4) is 0 Å². The van der Waals surface area contributed by atoms with Crippen molar-refractivity contribution in [1.29, 1.82) is 0 Å². The second kappa shape index (κ2) is 10.9. The first kappa shape index (κ1) is 26.4. The molecule has 2 heterocycles. The van der Waals surface area contributed by atoms with Crippen LogP contribution in [0.2, 0.25) is 0 Å². The number of benzene rings is 1. The Morgan fingerprint density at radius 1 is 1.06 bits per heavy atom. The lowest BCUT2D eigenvalue weighted by atomic mass is 9.73. The van der Waals surface area contributed by atoms with Gasteiger partial charge >= 0.3 is 0 Å². The van der Waals surface area contributed by atoms with Crippen LogP contribution >= 0.6 is 0 Å². The number of likely N-dealkylation sites (N-methyl/N-ethyl adjacent to an activating group) is 2. The van der Waals surface area contributed by atoms with E-state index in [0.717, 1.165) is 48.7 Å². The number of nitrogens with zero attached hydrogens (tertiary/aromatic N) is 4. The summed E-state index contributed by atoms with van der Waals surface area (Å²) in [7, 11) is 0. The van der Waals surface area contributed by atoms with Crippen LogP contribution in [-0.2, 0) is 11.2 Å². The highest BCUT2D eigenvalue weighted by molar-refractivity contribution is 6.02. The largest absolute Gasteiger partial charge is 0.493 e. The first-order valence-electron chi connectivity index (χ1n) is 10.6. The molecule has 2 aromatic rings. The summed E-state index contributed by atoms with van der Waals surface area (Å²) < 4.78 is 45.0. The molecule has 6 nitrogen and oxygen atoms in total. The molecular weight excluding hydrogens is 433 g/mol. The maximum Gasteiger partial charge on any atom is 0.246 e. The predicted molar refractivity (Wildman–Crippen MR) is 123 cm³/mol. The Morgan fingerprint density at radius 2 is 1.73 bits per heavy atom. The Labute approximate surface area is 193 Å². The summed E-state index contributed by atoms with van der Waals surface area (Å²) in [5.74, 6) is -1.75. The molecule has 0 radical (unpaired) electrons. The minimum absolute atomic E-state index is 0. The lowest BCUT2D eigenvalue weighted by molar-refractivity contribution is -0.117. The topological polar surface area (TPSA) is 58.6 Å². The summed E-state index contributed by atoms with van der Waals surface area (Å²) in [4.78, 5) is 25.2. The van der Waals surface area contributed by atoms with Crippen LogP contribution in [0.5, 0.6) is 5.75 Å². The number of anilines is 2. The Balaban J connectivity index is 0.00000193. The number of ether oxygens (including phenoxy) is 1. The third-order valence-corrected chi connectivity index (χ3v) is 5.96. The molecule has 0 bridgehead atoms. The SMILES string of the molecule is C.C.CCN1CC(=O)N(CC)c2cnc(CC3CC(COc4cc(F)c(F)c(F)c4)C3)nc21. The number of hydrogen-bond acceptors (Lipinski definition) is 5. The van der Waals surface area contributed by atoms with Crippen molar-refractivity contribution in [2.75, 3.05) is 36.0 Å². The summed E-state index contributed by atoms with van der Waals surface area (Å²) in [5.41, 5.74) is 0.753. The third kappa shape index (κ3) is 5.39. The molecule has 0 spiro atoms. The second-order valence-electron chi connectivity index (χ2n) is 8.07. The van der Waals surface area contributed by atoms with Crippen molar-refractivity contribution in [2.45, 2.75) is 48.0 Å². The molecule has 1 aliphatic heterocycles. The third-order valence-electron chi connectivity index (χ3n) is 5.96. The molecule has 2 aliphatic rings. The zero-order valence-electron chi connectivity index (χ0n) is 17.6. The number of carbonyl (C=O) groups is 1. The van der Waals surface area contributed by atoms with Gasteiger partial charge in [0, 0.05) is 31.6 Å². The first-order chi connectivity index (χ1) is 14.9. The van der Waals surface area contributed by atoms with Crippen LogP contribution in [-0.4, -0.2) is 42.1 Å². The number of fused-ring (bicyclic) bond motifs is 1. The van der Waals surface area contributed by atoms with Gasteiger partial charge in [-0.3, -0.25) is 4.79 Å². The van der Waals surface area contributed by atoms with Crippen LogP contribution in [0.25, 0.3) is 0 Å². The van der Waals surface area contributed by atoms with E-state index in [1.165, 1.54) is 0 Å². The van der Waals surface area contributed by atoms with E-state index in [9.17, 15) is 18.0 Å². The highest BCUT2D eigenvalue weighted by Crippen LogP contribution is 2.37. The van der Waals surface area contributed by atoms with E-state index in [0.29, 0.717) is 32.2 Å². The highest BCUT2D eigenvalue weighted by Gasteiger charge is 2.33. The maximum atomic E-state index is 13.3. The fourth-order valence-corrected chi connectivity index (χ4v) is 4.25. The zero-order chi connectivity index (χ0) is 22.1. The molecule has 33 heavy (non-hydrogen) atoms. The van der Waals surface area contributed by atoms with E-state index in [2.05, 4.69) is 4.98 Å². The van der Waals surface area contributed by atoms with Crippen molar-refractivity contribution < 1.29 is 22.7 Å². The van der Waals surface area contributed by atoms with Crippen LogP contribution in [0, 0.1) is 29.3 Å². The molecule has 0 N–H and O–H groups in total. The number of halogens is 3. The number of rotatable bonds is 7. The van der Waals surface area contributed by atoms with Gasteiger partial charge in [0.2, 0.25) is 5.91 Å². The van der Waals surface area contributed by atoms with Crippen molar-refractivity contribution in [3.05, 3.63) is 41.6 Å². The molecule has 0 atom stereocenters. The monoisotopic (exact) mass is 466 g/mol. The minimum atomic E-state index is -1.49. The Bertz CT molecular complexity index is 959. The number of carbonyl (C=O) groups excluding carboxylic acids is 1. The Hall–Kier alpha value is -2.84. The molecule has 0 saturated heterocycles. The molecule has 0 unspecified atom stereocenters. The van der Waals surface area contributed by atoms with E-state index < -0.39 is 17.5 Å². The lowest BCUT2D eigenvalue weighted by Gasteiger charge is -2.36. The normalized spacial score (nSPS) is 19.2. The Kier molecular flexibility index (Phi) is 8.69. The van der Waals surface area contributed by atoms with Crippen molar-refractivity contribution >= 4 is 17.4 Å². The molecule has 1 saturated carbocycles. The van der Waals surface area contributed by atoms with Gasteiger partial charge in [0.25, 0.3) is 0 Å². The van der Waals surface area contributed by atoms with E-state index in [1.807, 2.05) is 18.7 Å². The van der Waals surface area contributed by atoms with Crippen molar-refractivity contribution in [1.82, 2.24) is 9.97 Å². The molecule has 1 amide bonds. The zero-order valence-corrected chi connectivity index (χ0v) is 17.6. The standard InChI is InChI=1S/C22H25F3N4O2.2CH4/c1-3-28-11-20(30)29(4-2)18-10-26-19(27-22(18)28)7-13-5-14(6-13)12-31-15-8-16(23)21(25)17(24)9-15;;/h8-10,13-14H,3-7,11-12H2,1-2H3;2*1H4. The van der Waals surface area contributed by atoms with E-state index in [-0.39, 0.29) is 32.4 Å². The smallest absolute Gasteiger partial charge is 0.246 e. The van der Waals surface area contributed by atoms with Gasteiger partial charge < -0.3 is 14.5 Å². The predicted octanol–water partition coefficient (Wildman–Crippen LogP) is 5.01. The molecule has 9 heteroatoms. The molecule has 4 rings (SSSR count). The van der Waals surface area contributed by atoms with E-state index in [1.54, 1.807) is 11.1 Å². The lowest BCUT2D eigenvalue weighted by Crippen LogP contribution is -2.46. The first-order valence-corrected chi connectivity index (χ1v) is 10.6. The van der Waals surface area contributed by atoms with Crippen molar-refractivity contribution in [3.8, 4) is 5.75 Å². The quantitative estimate of drug-likeness (QED) is 0.537. The summed E-state index contributed by atoms with van der Waals surface area (Å²) in [6.07, 6.45) is 4.24. The van der Waals surface area contributed by atoms with Gasteiger partial charge in [-0.25, -0.2) is 23.1 Å². The van der Waals surface area contributed by atoms with Crippen LogP contribution < -0.4 is 14.5 Å². The molecule has 1 fully saturated rings. The molecule has 182 valence electrons. The van der Waals surface area contributed by atoms with Crippen molar-refractivity contribution in [3.63, 3.8) is 0 Å². The summed E-state index contributed by atoms with van der Waals surface area (Å²) in [6, 6.07) is 1.72. The summed E-state index contributed by atoms with van der Waals surface area (Å²) in [5, 5.41) is 0. The number of hydrogen-bond donors (Lipinski definition) is 0. The average molecular weight is 467 g/mol. The van der Waals surface area contributed by atoms with Gasteiger partial charge in [-0.15, -0.1) is 0 Å². The summed E-state index contributed by atoms with van der Waals surface area (Å²) >= 11 is 0. The van der Waals surface area contributed by atoms with Gasteiger partial charge in [0.1, 0.15) is 17.3 Å². The van der Waals surface area contributed by atoms with Gasteiger partial charge in [-0.05, 0) is 38.5 Å². The van der Waals surface area contributed by atoms with Crippen LogP contribution in [0.1, 0.15) is 47.4 Å². The minimum Gasteiger partial charge on any atom is -0.493 e. The maximum absolute atomic E-state index is 13.3. The number of amides is 1. The van der Waals surface area contributed by atoms with Gasteiger partial charge in [0.05, 0.1) is 19.3 Å². The van der Waals surface area contributed by atoms with Crippen LogP contribution in [0.15, 0.2) is 18.3 Å². The van der Waals surface area contributed by atoms with Gasteiger partial charge in [-0.1, -0.05) is 14.9 Å². The van der Waals surface area contributed by atoms with E-state index in [4.69, 9.17) is 9.72 Å². The second-order valence-corrected chi connectivity index (χ2v) is 8.07. The fraction of sp³-hybridized carbons (Fsp3) is 0.542. The molecule has 1 aromatic heterocycles. The highest BCUT2D eigenvalue weighted by atomic mass is 19.2. The van der Waals surface area contributed by atoms with Crippen molar-refractivity contribution in [2.24, 2.45) is 11.8 Å². The molecule has 1 aliphatic carbocycles. The van der Waals surface area contributed by atoms with Gasteiger partial charge in [0.15, 0.2) is 23.3 Å². The summed E-state index contributed by atoms with van der Waals surface area (Å²) in [6.45, 7) is 5.85. The van der Waals surface area contributed by atoms with E-state index >= 15 is 0 Å². The molecular formula is C24H33F3N4O2. The van der Waals surface area contributed by atoms with Crippen LogP contribution in [0.4, 0.5) is 24.7 Å². The fourth-order valence-electron chi connectivity index (χ4n) is 4.25.